The van der Waals surface area contributed by atoms with Crippen LogP contribution in [0.5, 0.6) is 0 Å². The summed E-state index contributed by atoms with van der Waals surface area (Å²) in [5, 5.41) is 14.5. The molecule has 1 fully saturated rings. The van der Waals surface area contributed by atoms with Crippen molar-refractivity contribution in [1.29, 1.82) is 0 Å². The lowest BCUT2D eigenvalue weighted by molar-refractivity contribution is -0.142. The SMILES string of the molecule is CC1C(=O)NCCN1C(=O)NCC(CC(C)(C)C)C(=O)O. The molecule has 0 spiro atoms. The molecule has 7 nitrogen and oxygen atoms in total. The Morgan fingerprint density at radius 1 is 1.48 bits per heavy atom. The molecule has 120 valence electrons. The van der Waals surface area contributed by atoms with Gasteiger partial charge in [0.05, 0.1) is 5.92 Å². The lowest BCUT2D eigenvalue weighted by atomic mass is 9.84. The van der Waals surface area contributed by atoms with Crippen LogP contribution in [0.4, 0.5) is 4.79 Å². The maximum absolute atomic E-state index is 12.1. The molecule has 3 N–H and O–H groups in total. The topological polar surface area (TPSA) is 98.7 Å². The van der Waals surface area contributed by atoms with Crippen LogP contribution in [0.15, 0.2) is 0 Å². The van der Waals surface area contributed by atoms with E-state index in [1.807, 2.05) is 20.8 Å². The van der Waals surface area contributed by atoms with Crippen molar-refractivity contribution in [2.75, 3.05) is 19.6 Å². The molecular formula is C14H25N3O4. The third-order valence-corrected chi connectivity index (χ3v) is 3.47. The molecule has 0 aliphatic carbocycles. The quantitative estimate of drug-likeness (QED) is 0.710. The monoisotopic (exact) mass is 299 g/mol. The normalized spacial score (nSPS) is 20.7. The minimum Gasteiger partial charge on any atom is -0.481 e. The van der Waals surface area contributed by atoms with E-state index in [9.17, 15) is 19.5 Å². The number of urea groups is 1. The number of carbonyl (C=O) groups is 3. The summed E-state index contributed by atoms with van der Waals surface area (Å²) in [5.74, 6) is -1.75. The minimum absolute atomic E-state index is 0.0657. The smallest absolute Gasteiger partial charge is 0.318 e. The van der Waals surface area contributed by atoms with E-state index in [0.717, 1.165) is 0 Å². The van der Waals surface area contributed by atoms with Gasteiger partial charge >= 0.3 is 12.0 Å². The molecule has 2 unspecified atom stereocenters. The first-order valence-electron chi connectivity index (χ1n) is 7.17. The molecular weight excluding hydrogens is 274 g/mol. The first-order valence-corrected chi connectivity index (χ1v) is 7.17. The van der Waals surface area contributed by atoms with Gasteiger partial charge in [-0.3, -0.25) is 9.59 Å². The van der Waals surface area contributed by atoms with Gasteiger partial charge in [0.15, 0.2) is 0 Å². The Morgan fingerprint density at radius 2 is 2.10 bits per heavy atom. The van der Waals surface area contributed by atoms with Gasteiger partial charge in [-0.1, -0.05) is 20.8 Å². The predicted molar refractivity (Wildman–Crippen MR) is 77.8 cm³/mol. The maximum atomic E-state index is 12.1. The van der Waals surface area contributed by atoms with Crippen molar-refractivity contribution < 1.29 is 19.5 Å². The summed E-state index contributed by atoms with van der Waals surface area (Å²) in [6.07, 6.45) is 0.471. The highest BCUT2D eigenvalue weighted by Crippen LogP contribution is 2.24. The predicted octanol–water partition coefficient (Wildman–Crippen LogP) is 0.653. The van der Waals surface area contributed by atoms with Crippen molar-refractivity contribution in [1.82, 2.24) is 15.5 Å². The summed E-state index contributed by atoms with van der Waals surface area (Å²) in [4.78, 5) is 36.3. The molecule has 0 bridgehead atoms. The van der Waals surface area contributed by atoms with Crippen LogP contribution in [0, 0.1) is 11.3 Å². The Bertz CT molecular complexity index is 417. The summed E-state index contributed by atoms with van der Waals surface area (Å²) in [6, 6.07) is -0.929. The molecule has 3 amide bonds. The fourth-order valence-electron chi connectivity index (χ4n) is 2.36. The lowest BCUT2D eigenvalue weighted by Gasteiger charge is -2.33. The number of carbonyl (C=O) groups excluding carboxylic acids is 2. The Labute approximate surface area is 125 Å². The van der Waals surface area contributed by atoms with Gasteiger partial charge in [-0.05, 0) is 18.8 Å². The van der Waals surface area contributed by atoms with E-state index in [4.69, 9.17) is 0 Å². The Kier molecular flexibility index (Phi) is 5.57. The number of nitrogens with one attached hydrogen (secondary N) is 2. The number of hydrogen-bond donors (Lipinski definition) is 3. The van der Waals surface area contributed by atoms with Crippen molar-refractivity contribution in [3.63, 3.8) is 0 Å². The molecule has 0 saturated carbocycles. The summed E-state index contributed by atoms with van der Waals surface area (Å²) in [7, 11) is 0. The minimum atomic E-state index is -0.922. The first kappa shape index (κ1) is 17.3. The summed E-state index contributed by atoms with van der Waals surface area (Å²) >= 11 is 0. The molecule has 0 radical (unpaired) electrons. The number of carboxylic acids is 1. The molecule has 2 atom stereocenters. The molecule has 1 heterocycles. The zero-order chi connectivity index (χ0) is 16.2. The lowest BCUT2D eigenvalue weighted by Crippen LogP contribution is -2.58. The van der Waals surface area contributed by atoms with Crippen LogP contribution in [0.1, 0.15) is 34.1 Å². The average molecular weight is 299 g/mol. The van der Waals surface area contributed by atoms with Crippen LogP contribution in [-0.4, -0.2) is 53.6 Å². The molecule has 1 aliphatic rings. The zero-order valence-corrected chi connectivity index (χ0v) is 13.1. The van der Waals surface area contributed by atoms with Gasteiger partial charge in [0.2, 0.25) is 5.91 Å². The van der Waals surface area contributed by atoms with Gasteiger partial charge in [0, 0.05) is 19.6 Å². The average Bonchev–Trinajstić information content (AvgIpc) is 2.35. The van der Waals surface area contributed by atoms with Crippen molar-refractivity contribution in [3.05, 3.63) is 0 Å². The highest BCUT2D eigenvalue weighted by molar-refractivity contribution is 5.88. The van der Waals surface area contributed by atoms with E-state index in [1.54, 1.807) is 6.92 Å². The summed E-state index contributed by atoms with van der Waals surface area (Å²) < 4.78 is 0. The van der Waals surface area contributed by atoms with E-state index in [2.05, 4.69) is 10.6 Å². The van der Waals surface area contributed by atoms with Crippen LogP contribution < -0.4 is 10.6 Å². The second kappa shape index (κ2) is 6.78. The highest BCUT2D eigenvalue weighted by atomic mass is 16.4. The number of nitrogens with zero attached hydrogens (tertiary/aromatic N) is 1. The van der Waals surface area contributed by atoms with Gasteiger partial charge < -0.3 is 20.6 Å². The molecule has 0 aromatic heterocycles. The standard InChI is InChI=1S/C14H25N3O4/c1-9-11(18)15-5-6-17(9)13(21)16-8-10(12(19)20)7-14(2,3)4/h9-10H,5-8H2,1-4H3,(H,15,18)(H,16,21)(H,19,20). The van der Waals surface area contributed by atoms with Gasteiger partial charge in [-0.25, -0.2) is 4.79 Å². The number of piperazine rings is 1. The second-order valence-electron chi connectivity index (χ2n) is 6.65. The molecule has 0 aromatic rings. The van der Waals surface area contributed by atoms with Gasteiger partial charge in [0.1, 0.15) is 6.04 Å². The third-order valence-electron chi connectivity index (χ3n) is 3.47. The van der Waals surface area contributed by atoms with Crippen LogP contribution in [-0.2, 0) is 9.59 Å². The van der Waals surface area contributed by atoms with Crippen LogP contribution in [0.3, 0.4) is 0 Å². The van der Waals surface area contributed by atoms with Crippen LogP contribution in [0.25, 0.3) is 0 Å². The maximum Gasteiger partial charge on any atom is 0.318 e. The van der Waals surface area contributed by atoms with Gasteiger partial charge in [0.25, 0.3) is 0 Å². The van der Waals surface area contributed by atoms with Crippen molar-refractivity contribution >= 4 is 17.9 Å². The largest absolute Gasteiger partial charge is 0.481 e. The second-order valence-corrected chi connectivity index (χ2v) is 6.65. The van der Waals surface area contributed by atoms with Crippen molar-refractivity contribution in [2.24, 2.45) is 11.3 Å². The van der Waals surface area contributed by atoms with E-state index < -0.39 is 24.0 Å². The van der Waals surface area contributed by atoms with Gasteiger partial charge in [-0.15, -0.1) is 0 Å². The summed E-state index contributed by atoms with van der Waals surface area (Å²) in [5.41, 5.74) is -0.133. The zero-order valence-electron chi connectivity index (χ0n) is 13.1. The number of rotatable bonds is 4. The van der Waals surface area contributed by atoms with Crippen LogP contribution in [0.2, 0.25) is 0 Å². The van der Waals surface area contributed by atoms with E-state index in [0.29, 0.717) is 19.5 Å². The third kappa shape index (κ3) is 5.24. The highest BCUT2D eigenvalue weighted by Gasteiger charge is 2.30. The summed E-state index contributed by atoms with van der Waals surface area (Å²) in [6.45, 7) is 8.44. The Balaban J connectivity index is 2.57. The fourth-order valence-corrected chi connectivity index (χ4v) is 2.36. The van der Waals surface area contributed by atoms with E-state index in [-0.39, 0.29) is 17.9 Å². The number of hydrogen-bond acceptors (Lipinski definition) is 3. The van der Waals surface area contributed by atoms with Crippen LogP contribution >= 0.6 is 0 Å². The van der Waals surface area contributed by atoms with Crippen molar-refractivity contribution in [3.8, 4) is 0 Å². The molecule has 1 aliphatic heterocycles. The molecule has 7 heteroatoms. The first-order chi connectivity index (χ1) is 9.61. The molecule has 1 rings (SSSR count). The molecule has 1 saturated heterocycles. The fraction of sp³-hybridized carbons (Fsp3) is 0.786. The number of aliphatic carboxylic acids is 1. The number of carboxylic acid groups (broad SMARTS) is 1. The van der Waals surface area contributed by atoms with E-state index in [1.165, 1.54) is 4.90 Å². The molecule has 21 heavy (non-hydrogen) atoms. The Morgan fingerprint density at radius 3 is 2.62 bits per heavy atom. The molecule has 0 aromatic carbocycles. The van der Waals surface area contributed by atoms with Gasteiger partial charge in [-0.2, -0.15) is 0 Å². The van der Waals surface area contributed by atoms with Crippen molar-refractivity contribution in [2.45, 2.75) is 40.2 Å². The van der Waals surface area contributed by atoms with E-state index >= 15 is 0 Å². The number of amides is 3. The Hall–Kier alpha value is -1.79.